The van der Waals surface area contributed by atoms with Crippen molar-refractivity contribution in [3.63, 3.8) is 0 Å². The number of anilines is 1. The maximum atomic E-state index is 12.0. The Labute approximate surface area is 129 Å². The number of phenols is 1. The summed E-state index contributed by atoms with van der Waals surface area (Å²) in [5.74, 6) is -0.0833. The van der Waals surface area contributed by atoms with Crippen molar-refractivity contribution < 1.29 is 18.3 Å². The second-order valence-electron chi connectivity index (χ2n) is 4.74. The van der Waals surface area contributed by atoms with Crippen molar-refractivity contribution in [1.82, 2.24) is 0 Å². The average molecular weight is 317 g/mol. The van der Waals surface area contributed by atoms with Gasteiger partial charge in [0.25, 0.3) is 0 Å². The number of benzene rings is 2. The summed E-state index contributed by atoms with van der Waals surface area (Å²) in [7, 11) is -3.33. The lowest BCUT2D eigenvalue weighted by Crippen LogP contribution is -2.09. The summed E-state index contributed by atoms with van der Waals surface area (Å²) in [5.41, 5.74) is 1.55. The molecule has 0 aromatic heterocycles. The molecule has 0 heterocycles. The molecule has 0 radical (unpaired) electrons. The highest BCUT2D eigenvalue weighted by atomic mass is 32.2. The van der Waals surface area contributed by atoms with Crippen molar-refractivity contribution in [3.05, 3.63) is 65.7 Å². The molecule has 0 aliphatic heterocycles. The molecule has 2 aromatic rings. The first-order chi connectivity index (χ1) is 10.3. The Bertz CT molecular complexity index is 808. The first-order valence-corrected chi connectivity index (χ1v) is 8.32. The standard InChI is InChI=1S/C16H15NO4S/c1-22(20,21)17-14-8-6-13(7-9-14)16(19)10-5-12-3-2-4-15(18)11-12/h2-11,17-18H,1H3. The fraction of sp³-hybridized carbons (Fsp3) is 0.0625. The van der Waals surface area contributed by atoms with Gasteiger partial charge in [-0.05, 0) is 48.0 Å². The molecular weight excluding hydrogens is 302 g/mol. The van der Waals surface area contributed by atoms with Crippen LogP contribution in [0, 0.1) is 0 Å². The van der Waals surface area contributed by atoms with Crippen LogP contribution in [0.15, 0.2) is 54.6 Å². The molecule has 0 bridgehead atoms. The van der Waals surface area contributed by atoms with Crippen LogP contribution < -0.4 is 4.72 Å². The second kappa shape index (κ2) is 6.44. The fourth-order valence-corrected chi connectivity index (χ4v) is 2.38. The van der Waals surface area contributed by atoms with E-state index in [0.717, 1.165) is 6.26 Å². The van der Waals surface area contributed by atoms with Gasteiger partial charge in [-0.3, -0.25) is 9.52 Å². The predicted octanol–water partition coefficient (Wildman–Crippen LogP) is 2.66. The summed E-state index contributed by atoms with van der Waals surface area (Å²) in [6, 6.07) is 12.7. The Morgan fingerprint density at radius 1 is 1.14 bits per heavy atom. The quantitative estimate of drug-likeness (QED) is 0.656. The van der Waals surface area contributed by atoms with Crippen molar-refractivity contribution in [2.45, 2.75) is 0 Å². The van der Waals surface area contributed by atoms with E-state index in [2.05, 4.69) is 4.72 Å². The number of hydrogen-bond donors (Lipinski definition) is 2. The van der Waals surface area contributed by atoms with Gasteiger partial charge in [0.15, 0.2) is 5.78 Å². The Morgan fingerprint density at radius 2 is 1.82 bits per heavy atom. The van der Waals surface area contributed by atoms with E-state index in [1.807, 2.05) is 0 Å². The van der Waals surface area contributed by atoms with E-state index in [0.29, 0.717) is 16.8 Å². The number of hydrogen-bond acceptors (Lipinski definition) is 4. The molecule has 6 heteroatoms. The van der Waals surface area contributed by atoms with Crippen LogP contribution in [0.5, 0.6) is 5.75 Å². The molecule has 0 atom stereocenters. The van der Waals surface area contributed by atoms with Crippen LogP contribution in [0.25, 0.3) is 6.08 Å². The maximum absolute atomic E-state index is 12.0. The normalized spacial score (nSPS) is 11.5. The smallest absolute Gasteiger partial charge is 0.229 e. The van der Waals surface area contributed by atoms with E-state index in [9.17, 15) is 18.3 Å². The monoisotopic (exact) mass is 317 g/mol. The van der Waals surface area contributed by atoms with Gasteiger partial charge in [-0.25, -0.2) is 8.42 Å². The molecule has 5 nitrogen and oxygen atoms in total. The van der Waals surface area contributed by atoms with Crippen molar-refractivity contribution in [2.75, 3.05) is 11.0 Å². The van der Waals surface area contributed by atoms with E-state index in [4.69, 9.17) is 0 Å². The molecule has 0 unspecified atom stereocenters. The lowest BCUT2D eigenvalue weighted by atomic mass is 10.1. The van der Waals surface area contributed by atoms with Crippen LogP contribution in [0.4, 0.5) is 5.69 Å². The highest BCUT2D eigenvalue weighted by Crippen LogP contribution is 2.14. The molecule has 22 heavy (non-hydrogen) atoms. The molecule has 2 N–H and O–H groups in total. The largest absolute Gasteiger partial charge is 0.508 e. The van der Waals surface area contributed by atoms with Crippen LogP contribution >= 0.6 is 0 Å². The summed E-state index contributed by atoms with van der Waals surface area (Å²) in [4.78, 5) is 12.0. The predicted molar refractivity (Wildman–Crippen MR) is 86.4 cm³/mol. The minimum Gasteiger partial charge on any atom is -0.508 e. The van der Waals surface area contributed by atoms with Crippen molar-refractivity contribution in [1.29, 1.82) is 0 Å². The first kappa shape index (κ1) is 15.8. The van der Waals surface area contributed by atoms with Gasteiger partial charge >= 0.3 is 0 Å². The van der Waals surface area contributed by atoms with Crippen LogP contribution in [0.2, 0.25) is 0 Å². The summed E-state index contributed by atoms with van der Waals surface area (Å²) >= 11 is 0. The Balaban J connectivity index is 2.10. The van der Waals surface area contributed by atoms with Crippen LogP contribution in [0.3, 0.4) is 0 Å². The highest BCUT2D eigenvalue weighted by Gasteiger charge is 2.04. The van der Waals surface area contributed by atoms with Gasteiger partial charge in [0.2, 0.25) is 10.0 Å². The number of nitrogens with one attached hydrogen (secondary N) is 1. The SMILES string of the molecule is CS(=O)(=O)Nc1ccc(C(=O)C=Cc2cccc(O)c2)cc1. The minimum absolute atomic E-state index is 0.130. The summed E-state index contributed by atoms with van der Waals surface area (Å²) in [6.07, 6.45) is 4.06. The summed E-state index contributed by atoms with van der Waals surface area (Å²) < 4.78 is 24.5. The fourth-order valence-electron chi connectivity index (χ4n) is 1.81. The molecule has 114 valence electrons. The molecule has 0 spiro atoms. The van der Waals surface area contributed by atoms with E-state index in [-0.39, 0.29) is 11.5 Å². The average Bonchev–Trinajstić information content (AvgIpc) is 2.44. The maximum Gasteiger partial charge on any atom is 0.229 e. The van der Waals surface area contributed by atoms with Gasteiger partial charge in [-0.15, -0.1) is 0 Å². The third-order valence-electron chi connectivity index (χ3n) is 2.77. The van der Waals surface area contributed by atoms with E-state index in [1.165, 1.54) is 18.2 Å². The molecule has 0 saturated heterocycles. The second-order valence-corrected chi connectivity index (χ2v) is 6.49. The van der Waals surface area contributed by atoms with Gasteiger partial charge in [0.1, 0.15) is 5.75 Å². The Kier molecular flexibility index (Phi) is 4.62. The van der Waals surface area contributed by atoms with Gasteiger partial charge in [0.05, 0.1) is 6.26 Å². The number of rotatable bonds is 5. The van der Waals surface area contributed by atoms with Crippen molar-refractivity contribution >= 4 is 27.6 Å². The molecule has 2 rings (SSSR count). The zero-order valence-electron chi connectivity index (χ0n) is 11.9. The number of carbonyl (C=O) groups excluding carboxylic acids is 1. The van der Waals surface area contributed by atoms with E-state index >= 15 is 0 Å². The molecule has 0 saturated carbocycles. The topological polar surface area (TPSA) is 83.5 Å². The van der Waals surface area contributed by atoms with Crippen LogP contribution in [0.1, 0.15) is 15.9 Å². The lowest BCUT2D eigenvalue weighted by Gasteiger charge is -2.04. The van der Waals surface area contributed by atoms with Crippen LogP contribution in [-0.2, 0) is 10.0 Å². The summed E-state index contributed by atoms with van der Waals surface area (Å²) in [6.45, 7) is 0. The van der Waals surface area contributed by atoms with Crippen molar-refractivity contribution in [2.24, 2.45) is 0 Å². The number of ketones is 1. The molecule has 0 amide bonds. The Hall–Kier alpha value is -2.60. The summed E-state index contributed by atoms with van der Waals surface area (Å²) in [5, 5.41) is 9.34. The Morgan fingerprint density at radius 3 is 2.41 bits per heavy atom. The number of aromatic hydroxyl groups is 1. The number of allylic oxidation sites excluding steroid dienone is 1. The number of sulfonamides is 1. The molecule has 2 aromatic carbocycles. The van der Waals surface area contributed by atoms with Gasteiger partial charge in [0, 0.05) is 11.3 Å². The zero-order chi connectivity index (χ0) is 16.2. The van der Waals surface area contributed by atoms with Crippen LogP contribution in [-0.4, -0.2) is 25.6 Å². The van der Waals surface area contributed by atoms with E-state index < -0.39 is 10.0 Å². The number of phenolic OH excluding ortho intramolecular Hbond substituents is 1. The lowest BCUT2D eigenvalue weighted by molar-refractivity contribution is 0.104. The van der Waals surface area contributed by atoms with E-state index in [1.54, 1.807) is 42.5 Å². The molecule has 0 fully saturated rings. The van der Waals surface area contributed by atoms with Crippen molar-refractivity contribution in [3.8, 4) is 5.75 Å². The first-order valence-electron chi connectivity index (χ1n) is 6.43. The van der Waals surface area contributed by atoms with Gasteiger partial charge in [-0.2, -0.15) is 0 Å². The molecular formula is C16H15NO4S. The number of carbonyl (C=O) groups is 1. The molecule has 0 aliphatic carbocycles. The van der Waals surface area contributed by atoms with Gasteiger partial charge < -0.3 is 5.11 Å². The zero-order valence-corrected chi connectivity index (χ0v) is 12.7. The minimum atomic E-state index is -3.33. The molecule has 0 aliphatic rings. The third kappa shape index (κ3) is 4.75. The highest BCUT2D eigenvalue weighted by molar-refractivity contribution is 7.92. The third-order valence-corrected chi connectivity index (χ3v) is 3.38. The van der Waals surface area contributed by atoms with Gasteiger partial charge in [-0.1, -0.05) is 18.2 Å².